The summed E-state index contributed by atoms with van der Waals surface area (Å²) in [5.74, 6) is 1.62. The molecule has 0 saturated carbocycles. The highest BCUT2D eigenvalue weighted by Gasteiger charge is 2.24. The van der Waals surface area contributed by atoms with E-state index in [1.54, 1.807) is 6.07 Å². The van der Waals surface area contributed by atoms with Gasteiger partial charge in [-0.2, -0.15) is 0 Å². The smallest absolute Gasteiger partial charge is 0.251 e. The average Bonchev–Trinajstić information content (AvgIpc) is 2.90. The van der Waals surface area contributed by atoms with Gasteiger partial charge in [-0.3, -0.25) is 4.79 Å². The van der Waals surface area contributed by atoms with Crippen LogP contribution in [0.1, 0.15) is 49.0 Å². The van der Waals surface area contributed by atoms with Crippen LogP contribution in [0.4, 0.5) is 5.69 Å². The first kappa shape index (κ1) is 27.8. The van der Waals surface area contributed by atoms with Crippen molar-refractivity contribution < 1.29 is 4.79 Å². The molecule has 37 heavy (non-hydrogen) atoms. The van der Waals surface area contributed by atoms with Gasteiger partial charge in [0, 0.05) is 59.6 Å². The van der Waals surface area contributed by atoms with Crippen molar-refractivity contribution in [1.29, 1.82) is 0 Å². The predicted octanol–water partition coefficient (Wildman–Crippen LogP) is 5.29. The number of nitrogens with zero attached hydrogens (tertiary/aromatic N) is 1. The van der Waals surface area contributed by atoms with E-state index < -0.39 is 0 Å². The summed E-state index contributed by atoms with van der Waals surface area (Å²) >= 11 is 12.2. The van der Waals surface area contributed by atoms with E-state index in [-0.39, 0.29) is 5.91 Å². The Morgan fingerprint density at radius 1 is 1.11 bits per heavy atom. The van der Waals surface area contributed by atoms with Gasteiger partial charge in [0.25, 0.3) is 5.91 Å². The number of piperidine rings is 1. The van der Waals surface area contributed by atoms with Crippen LogP contribution in [0.3, 0.4) is 0 Å². The zero-order valence-corrected chi connectivity index (χ0v) is 23.3. The fourth-order valence-electron chi connectivity index (χ4n) is 4.87. The number of anilines is 1. The number of rotatable bonds is 9. The maximum absolute atomic E-state index is 12.7. The van der Waals surface area contributed by atoms with Crippen molar-refractivity contribution in [2.45, 2.75) is 51.6 Å². The molecule has 2 aliphatic rings. The SMILES string of the molecule is CC(C)[C@H]1CN(C(=CC2CCCCN2)Nc2ccc(C(=O)NCCc3ccc(Cl)cc3Cl)cc2)CCN1. The second kappa shape index (κ2) is 13.5. The molecule has 4 rings (SSSR count). The maximum Gasteiger partial charge on any atom is 0.251 e. The maximum atomic E-state index is 12.7. The number of carbonyl (C=O) groups excluding carboxylic acids is 1. The number of nitrogens with one attached hydrogen (secondary N) is 4. The number of piperazine rings is 1. The van der Waals surface area contributed by atoms with Crippen molar-refractivity contribution in [3.8, 4) is 0 Å². The molecule has 2 aromatic carbocycles. The third kappa shape index (κ3) is 8.11. The van der Waals surface area contributed by atoms with Crippen molar-refractivity contribution in [2.24, 2.45) is 5.92 Å². The van der Waals surface area contributed by atoms with Crippen LogP contribution in [0.25, 0.3) is 0 Å². The first-order chi connectivity index (χ1) is 17.9. The third-order valence-corrected chi connectivity index (χ3v) is 7.76. The van der Waals surface area contributed by atoms with Gasteiger partial charge >= 0.3 is 0 Å². The lowest BCUT2D eigenvalue weighted by Crippen LogP contribution is -2.53. The molecule has 2 aromatic rings. The molecule has 2 atom stereocenters. The molecule has 200 valence electrons. The summed E-state index contributed by atoms with van der Waals surface area (Å²) in [6.45, 7) is 9.03. The molecule has 8 heteroatoms. The predicted molar refractivity (Wildman–Crippen MR) is 154 cm³/mol. The molecule has 0 radical (unpaired) electrons. The average molecular weight is 545 g/mol. The van der Waals surface area contributed by atoms with Crippen LogP contribution in [0.5, 0.6) is 0 Å². The summed E-state index contributed by atoms with van der Waals surface area (Å²) in [4.78, 5) is 15.2. The van der Waals surface area contributed by atoms with Gasteiger partial charge in [-0.05, 0) is 79.8 Å². The number of carbonyl (C=O) groups is 1. The second-order valence-corrected chi connectivity index (χ2v) is 11.1. The Labute approximate surface area is 231 Å². The topological polar surface area (TPSA) is 68.4 Å². The zero-order chi connectivity index (χ0) is 26.2. The van der Waals surface area contributed by atoms with E-state index in [9.17, 15) is 4.79 Å². The largest absolute Gasteiger partial charge is 0.356 e. The minimum atomic E-state index is -0.0966. The van der Waals surface area contributed by atoms with Crippen molar-refractivity contribution in [2.75, 3.05) is 38.0 Å². The molecule has 2 heterocycles. The molecule has 4 N–H and O–H groups in total. The van der Waals surface area contributed by atoms with Gasteiger partial charge in [-0.25, -0.2) is 0 Å². The van der Waals surface area contributed by atoms with Crippen LogP contribution in [0.15, 0.2) is 54.4 Å². The van der Waals surface area contributed by atoms with Gasteiger partial charge in [0.2, 0.25) is 0 Å². The third-order valence-electron chi connectivity index (χ3n) is 7.17. The van der Waals surface area contributed by atoms with Crippen molar-refractivity contribution in [1.82, 2.24) is 20.9 Å². The van der Waals surface area contributed by atoms with Crippen LogP contribution in [0.2, 0.25) is 10.0 Å². The van der Waals surface area contributed by atoms with Crippen molar-refractivity contribution in [3.05, 3.63) is 75.5 Å². The van der Waals surface area contributed by atoms with E-state index in [1.165, 1.54) is 12.8 Å². The van der Waals surface area contributed by atoms with E-state index in [0.29, 0.717) is 46.6 Å². The van der Waals surface area contributed by atoms with Gasteiger partial charge in [-0.15, -0.1) is 0 Å². The molecule has 2 saturated heterocycles. The van der Waals surface area contributed by atoms with Crippen molar-refractivity contribution >= 4 is 34.8 Å². The van der Waals surface area contributed by atoms with E-state index in [1.807, 2.05) is 36.4 Å². The van der Waals surface area contributed by atoms with Gasteiger partial charge < -0.3 is 26.2 Å². The highest BCUT2D eigenvalue weighted by molar-refractivity contribution is 6.35. The Morgan fingerprint density at radius 3 is 2.62 bits per heavy atom. The minimum absolute atomic E-state index is 0.0966. The lowest BCUT2D eigenvalue weighted by atomic mass is 10.0. The summed E-state index contributed by atoms with van der Waals surface area (Å²) in [6, 6.07) is 14.0. The Hall–Kier alpha value is -2.25. The second-order valence-electron chi connectivity index (χ2n) is 10.3. The van der Waals surface area contributed by atoms with Crippen LogP contribution in [-0.4, -0.2) is 55.6 Å². The Balaban J connectivity index is 1.38. The molecule has 6 nitrogen and oxygen atoms in total. The quantitative estimate of drug-likeness (QED) is 0.346. The van der Waals surface area contributed by atoms with E-state index in [2.05, 4.69) is 46.1 Å². The fourth-order valence-corrected chi connectivity index (χ4v) is 5.37. The Morgan fingerprint density at radius 2 is 1.92 bits per heavy atom. The molecular weight excluding hydrogens is 505 g/mol. The minimum Gasteiger partial charge on any atom is -0.356 e. The number of benzene rings is 2. The molecule has 0 aliphatic carbocycles. The van der Waals surface area contributed by atoms with Gasteiger partial charge in [0.1, 0.15) is 5.82 Å². The number of hydrogen-bond acceptors (Lipinski definition) is 5. The summed E-state index contributed by atoms with van der Waals surface area (Å²) in [6.07, 6.45) is 6.65. The molecule has 1 unspecified atom stereocenters. The van der Waals surface area contributed by atoms with Gasteiger partial charge in [0.15, 0.2) is 0 Å². The molecule has 0 bridgehead atoms. The Kier molecular flexibility index (Phi) is 10.1. The van der Waals surface area contributed by atoms with Crippen LogP contribution in [-0.2, 0) is 6.42 Å². The summed E-state index contributed by atoms with van der Waals surface area (Å²) in [7, 11) is 0. The standard InChI is InChI=1S/C29H39Cl2N5O/c1-20(2)27-19-36(16-15-33-27)28(18-25-5-3-4-13-32-25)35-24-10-7-22(8-11-24)29(37)34-14-12-21-6-9-23(30)17-26(21)31/h6-11,17-18,20,25,27,32-33,35H,3-5,12-16,19H2,1-2H3,(H,34,37)/t25?,27-/m1/s1. The van der Waals surface area contributed by atoms with Crippen LogP contribution in [0, 0.1) is 5.92 Å². The Bertz CT molecular complexity index is 1070. The number of halogens is 2. The molecule has 0 spiro atoms. The molecular formula is C29H39Cl2N5O. The van der Waals surface area contributed by atoms with Gasteiger partial charge in [-0.1, -0.05) is 49.5 Å². The van der Waals surface area contributed by atoms with Crippen LogP contribution < -0.4 is 21.3 Å². The zero-order valence-electron chi connectivity index (χ0n) is 21.8. The number of amides is 1. The lowest BCUT2D eigenvalue weighted by molar-refractivity contribution is 0.0954. The molecule has 1 amide bonds. The summed E-state index contributed by atoms with van der Waals surface area (Å²) in [5, 5.41) is 15.2. The molecule has 2 aliphatic heterocycles. The van der Waals surface area contributed by atoms with E-state index in [0.717, 1.165) is 49.7 Å². The lowest BCUT2D eigenvalue weighted by Gasteiger charge is -2.39. The molecule has 0 aromatic heterocycles. The first-order valence-electron chi connectivity index (χ1n) is 13.4. The normalized spacial score (nSPS) is 20.7. The fraction of sp³-hybridized carbons (Fsp3) is 0.483. The highest BCUT2D eigenvalue weighted by Crippen LogP contribution is 2.22. The van der Waals surface area contributed by atoms with Crippen molar-refractivity contribution in [3.63, 3.8) is 0 Å². The molecule has 2 fully saturated rings. The van der Waals surface area contributed by atoms with E-state index in [4.69, 9.17) is 23.2 Å². The highest BCUT2D eigenvalue weighted by atomic mass is 35.5. The summed E-state index contributed by atoms with van der Waals surface area (Å²) in [5.41, 5.74) is 2.57. The number of hydrogen-bond donors (Lipinski definition) is 4. The monoisotopic (exact) mass is 543 g/mol. The van der Waals surface area contributed by atoms with Gasteiger partial charge in [0.05, 0.1) is 0 Å². The first-order valence-corrected chi connectivity index (χ1v) is 14.2. The van der Waals surface area contributed by atoms with E-state index >= 15 is 0 Å². The summed E-state index contributed by atoms with van der Waals surface area (Å²) < 4.78 is 0. The van der Waals surface area contributed by atoms with Crippen LogP contribution >= 0.6 is 23.2 Å².